The Kier molecular flexibility index (Phi) is 3.30. The van der Waals surface area contributed by atoms with E-state index < -0.39 is 0 Å². The first-order valence-corrected chi connectivity index (χ1v) is 6.25. The molecule has 0 N–H and O–H groups in total. The summed E-state index contributed by atoms with van der Waals surface area (Å²) >= 11 is 1.96. The number of hydrogen-bond donors (Lipinski definition) is 0. The van der Waals surface area contributed by atoms with Crippen LogP contribution in [0.15, 0.2) is 18.7 Å². The molecule has 0 aromatic carbocycles. The molecule has 5 heteroatoms. The van der Waals surface area contributed by atoms with E-state index in [9.17, 15) is 4.79 Å². The Morgan fingerprint density at radius 3 is 3.20 bits per heavy atom. The molecule has 82 valence electrons. The zero-order valence-corrected chi connectivity index (χ0v) is 9.61. The molecule has 0 spiro atoms. The second kappa shape index (κ2) is 4.70. The summed E-state index contributed by atoms with van der Waals surface area (Å²) in [7, 11) is 0. The van der Waals surface area contributed by atoms with Gasteiger partial charge in [0, 0.05) is 36.5 Å². The molecule has 2 heterocycles. The lowest BCUT2D eigenvalue weighted by Gasteiger charge is -2.31. The Morgan fingerprint density at radius 2 is 2.53 bits per heavy atom. The van der Waals surface area contributed by atoms with Gasteiger partial charge in [0.25, 0.3) is 0 Å². The molecule has 1 aromatic heterocycles. The highest BCUT2D eigenvalue weighted by Crippen LogP contribution is 2.21. The van der Waals surface area contributed by atoms with Gasteiger partial charge in [0.05, 0.1) is 0 Å². The van der Waals surface area contributed by atoms with Gasteiger partial charge >= 0.3 is 6.03 Å². The first-order chi connectivity index (χ1) is 7.31. The fraction of sp³-hybridized carbons (Fsp3) is 0.600. The zero-order chi connectivity index (χ0) is 10.7. The molecule has 0 radical (unpaired) electrons. The van der Waals surface area contributed by atoms with Gasteiger partial charge in [-0.1, -0.05) is 6.92 Å². The molecule has 1 amide bonds. The highest BCUT2D eigenvalue weighted by atomic mass is 32.2. The molecule has 1 aliphatic heterocycles. The van der Waals surface area contributed by atoms with Crippen LogP contribution in [0.3, 0.4) is 0 Å². The molecule has 1 unspecified atom stereocenters. The van der Waals surface area contributed by atoms with Crippen LogP contribution in [0.5, 0.6) is 0 Å². The van der Waals surface area contributed by atoms with E-state index in [4.69, 9.17) is 0 Å². The summed E-state index contributed by atoms with van der Waals surface area (Å²) in [5, 5.41) is 0.589. The average molecular weight is 225 g/mol. The lowest BCUT2D eigenvalue weighted by atomic mass is 10.3. The van der Waals surface area contributed by atoms with Crippen molar-refractivity contribution in [1.82, 2.24) is 14.5 Å². The number of imidazole rings is 1. The number of aromatic nitrogens is 2. The molecule has 0 aliphatic carbocycles. The molecule has 0 bridgehead atoms. The van der Waals surface area contributed by atoms with Crippen molar-refractivity contribution < 1.29 is 4.79 Å². The van der Waals surface area contributed by atoms with Gasteiger partial charge in [0.1, 0.15) is 6.33 Å². The number of carbonyl (C=O) groups is 1. The SMILES string of the molecule is CCC1CN(C(=O)n2ccnc2)CCS1. The molecule has 1 saturated heterocycles. The minimum absolute atomic E-state index is 0.0475. The lowest BCUT2D eigenvalue weighted by Crippen LogP contribution is -2.43. The number of rotatable bonds is 1. The van der Waals surface area contributed by atoms with Gasteiger partial charge in [0.15, 0.2) is 0 Å². The van der Waals surface area contributed by atoms with Gasteiger partial charge in [-0.2, -0.15) is 11.8 Å². The predicted octanol–water partition coefficient (Wildman–Crippen LogP) is 1.68. The van der Waals surface area contributed by atoms with Gasteiger partial charge in [-0.05, 0) is 6.42 Å². The topological polar surface area (TPSA) is 38.1 Å². The van der Waals surface area contributed by atoms with Crippen LogP contribution < -0.4 is 0 Å². The molecular weight excluding hydrogens is 210 g/mol. The fourth-order valence-electron chi connectivity index (χ4n) is 1.68. The van der Waals surface area contributed by atoms with Crippen LogP contribution in [0.4, 0.5) is 4.79 Å². The maximum atomic E-state index is 12.0. The van der Waals surface area contributed by atoms with Crippen LogP contribution in [-0.4, -0.2) is 44.6 Å². The number of amides is 1. The largest absolute Gasteiger partial charge is 0.329 e. The van der Waals surface area contributed by atoms with Crippen LogP contribution in [0.25, 0.3) is 0 Å². The lowest BCUT2D eigenvalue weighted by molar-refractivity contribution is 0.201. The van der Waals surface area contributed by atoms with E-state index in [0.717, 1.165) is 25.3 Å². The summed E-state index contributed by atoms with van der Waals surface area (Å²) in [6.07, 6.45) is 6.02. The summed E-state index contributed by atoms with van der Waals surface area (Å²) in [6, 6.07) is 0.0475. The third-order valence-electron chi connectivity index (χ3n) is 2.59. The monoisotopic (exact) mass is 225 g/mol. The molecule has 1 aromatic rings. The minimum Gasteiger partial charge on any atom is -0.322 e. The normalized spacial score (nSPS) is 21.7. The van der Waals surface area contributed by atoms with Crippen LogP contribution in [0.1, 0.15) is 13.3 Å². The van der Waals surface area contributed by atoms with Crippen LogP contribution in [0, 0.1) is 0 Å². The van der Waals surface area contributed by atoms with E-state index in [2.05, 4.69) is 11.9 Å². The van der Waals surface area contributed by atoms with Gasteiger partial charge in [-0.25, -0.2) is 9.78 Å². The third-order valence-corrected chi connectivity index (χ3v) is 3.96. The van der Waals surface area contributed by atoms with Crippen molar-refractivity contribution in [1.29, 1.82) is 0 Å². The number of hydrogen-bond acceptors (Lipinski definition) is 3. The van der Waals surface area contributed by atoms with Crippen molar-refractivity contribution in [3.8, 4) is 0 Å². The molecule has 2 rings (SSSR count). The van der Waals surface area contributed by atoms with Crippen LogP contribution >= 0.6 is 11.8 Å². The average Bonchev–Trinajstić information content (AvgIpc) is 2.81. The second-order valence-corrected chi connectivity index (χ2v) is 5.01. The van der Waals surface area contributed by atoms with E-state index in [1.807, 2.05) is 16.7 Å². The van der Waals surface area contributed by atoms with E-state index >= 15 is 0 Å². The highest BCUT2D eigenvalue weighted by Gasteiger charge is 2.23. The Bertz CT molecular complexity index is 325. The maximum absolute atomic E-state index is 12.0. The molecule has 0 saturated carbocycles. The van der Waals surface area contributed by atoms with Crippen LogP contribution in [0.2, 0.25) is 0 Å². The molecule has 15 heavy (non-hydrogen) atoms. The Hall–Kier alpha value is -0.970. The number of nitrogens with zero attached hydrogens (tertiary/aromatic N) is 3. The maximum Gasteiger partial charge on any atom is 0.329 e. The van der Waals surface area contributed by atoms with E-state index in [1.165, 1.54) is 0 Å². The summed E-state index contributed by atoms with van der Waals surface area (Å²) < 4.78 is 1.54. The Morgan fingerprint density at radius 1 is 1.67 bits per heavy atom. The number of thioether (sulfide) groups is 1. The van der Waals surface area contributed by atoms with E-state index in [-0.39, 0.29) is 6.03 Å². The quantitative estimate of drug-likeness (QED) is 0.730. The summed E-state index contributed by atoms with van der Waals surface area (Å²) in [5.41, 5.74) is 0. The smallest absolute Gasteiger partial charge is 0.322 e. The fourth-order valence-corrected chi connectivity index (χ4v) is 2.86. The summed E-state index contributed by atoms with van der Waals surface area (Å²) in [4.78, 5) is 17.8. The van der Waals surface area contributed by atoms with Gasteiger partial charge < -0.3 is 4.90 Å². The highest BCUT2D eigenvalue weighted by molar-refractivity contribution is 8.00. The van der Waals surface area contributed by atoms with Crippen molar-refractivity contribution in [2.75, 3.05) is 18.8 Å². The van der Waals surface area contributed by atoms with Gasteiger partial charge in [0.2, 0.25) is 0 Å². The zero-order valence-electron chi connectivity index (χ0n) is 8.80. The summed E-state index contributed by atoms with van der Waals surface area (Å²) in [5.74, 6) is 1.04. The summed E-state index contributed by atoms with van der Waals surface area (Å²) in [6.45, 7) is 3.87. The third kappa shape index (κ3) is 2.34. The van der Waals surface area contributed by atoms with Crippen molar-refractivity contribution in [3.05, 3.63) is 18.7 Å². The number of carbonyl (C=O) groups excluding carboxylic acids is 1. The van der Waals surface area contributed by atoms with Gasteiger partial charge in [-0.15, -0.1) is 0 Å². The first kappa shape index (κ1) is 10.5. The van der Waals surface area contributed by atoms with Crippen molar-refractivity contribution in [2.45, 2.75) is 18.6 Å². The molecular formula is C10H15N3OS. The second-order valence-electron chi connectivity index (χ2n) is 3.60. The molecule has 4 nitrogen and oxygen atoms in total. The predicted molar refractivity (Wildman–Crippen MR) is 61.1 cm³/mol. The van der Waals surface area contributed by atoms with E-state index in [1.54, 1.807) is 23.3 Å². The molecule has 1 atom stereocenters. The van der Waals surface area contributed by atoms with E-state index in [0.29, 0.717) is 5.25 Å². The van der Waals surface area contributed by atoms with Crippen molar-refractivity contribution in [3.63, 3.8) is 0 Å². The van der Waals surface area contributed by atoms with Gasteiger partial charge in [-0.3, -0.25) is 4.57 Å². The molecule has 1 aliphatic rings. The minimum atomic E-state index is 0.0475. The van der Waals surface area contributed by atoms with Crippen molar-refractivity contribution in [2.24, 2.45) is 0 Å². The van der Waals surface area contributed by atoms with Crippen LogP contribution in [-0.2, 0) is 0 Å². The molecule has 1 fully saturated rings. The standard InChI is InChI=1S/C10H15N3OS/c1-2-9-7-12(5-6-15-9)10(14)13-4-3-11-8-13/h3-4,8-9H,2,5-7H2,1H3. The Balaban J connectivity index is 2.01. The van der Waals surface area contributed by atoms with Crippen molar-refractivity contribution >= 4 is 17.8 Å². The first-order valence-electron chi connectivity index (χ1n) is 5.20. The Labute approximate surface area is 93.7 Å².